The summed E-state index contributed by atoms with van der Waals surface area (Å²) in [6.07, 6.45) is 1.82. The van der Waals surface area contributed by atoms with Gasteiger partial charge in [0.1, 0.15) is 5.82 Å². The van der Waals surface area contributed by atoms with E-state index >= 15 is 0 Å². The van der Waals surface area contributed by atoms with Crippen molar-refractivity contribution in [2.24, 2.45) is 0 Å². The minimum absolute atomic E-state index is 0.343. The van der Waals surface area contributed by atoms with Gasteiger partial charge in [0.05, 0.1) is 10.2 Å². The SMILES string of the molecule is CC(C)c1ncc(Br)c(-c2ccccc2)n1. The summed E-state index contributed by atoms with van der Waals surface area (Å²) >= 11 is 3.49. The van der Waals surface area contributed by atoms with Crippen molar-refractivity contribution in [1.29, 1.82) is 0 Å². The van der Waals surface area contributed by atoms with E-state index in [2.05, 4.69) is 51.9 Å². The molecule has 0 atom stereocenters. The fourth-order valence-corrected chi connectivity index (χ4v) is 1.88. The average molecular weight is 277 g/mol. The molecule has 16 heavy (non-hydrogen) atoms. The Kier molecular flexibility index (Phi) is 3.34. The topological polar surface area (TPSA) is 25.8 Å². The van der Waals surface area contributed by atoms with Crippen molar-refractivity contribution >= 4 is 15.9 Å². The summed E-state index contributed by atoms with van der Waals surface area (Å²) in [6, 6.07) is 10.1. The van der Waals surface area contributed by atoms with E-state index in [9.17, 15) is 0 Å². The Morgan fingerprint density at radius 3 is 2.44 bits per heavy atom. The molecule has 0 aliphatic rings. The molecule has 0 aliphatic carbocycles. The van der Waals surface area contributed by atoms with Gasteiger partial charge in [0.25, 0.3) is 0 Å². The van der Waals surface area contributed by atoms with E-state index in [4.69, 9.17) is 0 Å². The molecule has 0 radical (unpaired) electrons. The molecule has 0 fully saturated rings. The van der Waals surface area contributed by atoms with Crippen LogP contribution in [0.5, 0.6) is 0 Å². The maximum atomic E-state index is 4.58. The first-order chi connectivity index (χ1) is 7.68. The summed E-state index contributed by atoms with van der Waals surface area (Å²) in [5.74, 6) is 1.22. The lowest BCUT2D eigenvalue weighted by atomic mass is 10.1. The molecule has 0 N–H and O–H groups in total. The lowest BCUT2D eigenvalue weighted by molar-refractivity contribution is 0.774. The van der Waals surface area contributed by atoms with Crippen LogP contribution in [-0.2, 0) is 0 Å². The van der Waals surface area contributed by atoms with Crippen LogP contribution < -0.4 is 0 Å². The first-order valence-electron chi connectivity index (χ1n) is 5.26. The monoisotopic (exact) mass is 276 g/mol. The molecule has 82 valence electrons. The Balaban J connectivity index is 2.52. The molecule has 1 aromatic carbocycles. The van der Waals surface area contributed by atoms with Crippen LogP contribution >= 0.6 is 15.9 Å². The molecule has 0 saturated heterocycles. The van der Waals surface area contributed by atoms with Gasteiger partial charge < -0.3 is 0 Å². The minimum Gasteiger partial charge on any atom is -0.240 e. The first-order valence-corrected chi connectivity index (χ1v) is 6.05. The summed E-state index contributed by atoms with van der Waals surface area (Å²) in [4.78, 5) is 8.89. The summed E-state index contributed by atoms with van der Waals surface area (Å²) in [5, 5.41) is 0. The van der Waals surface area contributed by atoms with Crippen LogP contribution in [0.15, 0.2) is 41.0 Å². The molecule has 2 rings (SSSR count). The third-order valence-electron chi connectivity index (χ3n) is 2.33. The molecule has 1 heterocycles. The summed E-state index contributed by atoms with van der Waals surface area (Å²) in [7, 11) is 0. The Morgan fingerprint density at radius 1 is 1.12 bits per heavy atom. The Hall–Kier alpha value is -1.22. The number of halogens is 1. The molecule has 0 bridgehead atoms. The van der Waals surface area contributed by atoms with E-state index in [1.807, 2.05) is 24.4 Å². The fourth-order valence-electron chi connectivity index (χ4n) is 1.46. The van der Waals surface area contributed by atoms with Gasteiger partial charge in [-0.15, -0.1) is 0 Å². The van der Waals surface area contributed by atoms with Gasteiger partial charge in [-0.3, -0.25) is 0 Å². The number of aromatic nitrogens is 2. The fraction of sp³-hybridized carbons (Fsp3) is 0.231. The first kappa shape index (κ1) is 11.3. The van der Waals surface area contributed by atoms with Crippen molar-refractivity contribution in [2.45, 2.75) is 19.8 Å². The number of hydrogen-bond acceptors (Lipinski definition) is 2. The third-order valence-corrected chi connectivity index (χ3v) is 2.91. The van der Waals surface area contributed by atoms with Gasteiger partial charge in [0.15, 0.2) is 0 Å². The minimum atomic E-state index is 0.343. The van der Waals surface area contributed by atoms with Gasteiger partial charge in [-0.25, -0.2) is 9.97 Å². The van der Waals surface area contributed by atoms with Gasteiger partial charge in [-0.05, 0) is 15.9 Å². The van der Waals surface area contributed by atoms with Crippen LogP contribution in [0, 0.1) is 0 Å². The van der Waals surface area contributed by atoms with Crippen molar-refractivity contribution in [3.63, 3.8) is 0 Å². The highest BCUT2D eigenvalue weighted by atomic mass is 79.9. The highest BCUT2D eigenvalue weighted by molar-refractivity contribution is 9.10. The summed E-state index contributed by atoms with van der Waals surface area (Å²) in [6.45, 7) is 4.19. The van der Waals surface area contributed by atoms with Crippen molar-refractivity contribution in [3.8, 4) is 11.3 Å². The van der Waals surface area contributed by atoms with Crippen LogP contribution in [0.4, 0.5) is 0 Å². The molecule has 0 saturated carbocycles. The average Bonchev–Trinajstić information content (AvgIpc) is 2.30. The highest BCUT2D eigenvalue weighted by Crippen LogP contribution is 2.26. The molecule has 3 heteroatoms. The third kappa shape index (κ3) is 2.30. The second kappa shape index (κ2) is 4.74. The van der Waals surface area contributed by atoms with Crippen molar-refractivity contribution in [2.75, 3.05) is 0 Å². The van der Waals surface area contributed by atoms with E-state index in [0.717, 1.165) is 21.6 Å². The zero-order valence-corrected chi connectivity index (χ0v) is 10.9. The lowest BCUT2D eigenvalue weighted by Gasteiger charge is -2.08. The molecule has 2 nitrogen and oxygen atoms in total. The van der Waals surface area contributed by atoms with Crippen LogP contribution in [0.1, 0.15) is 25.6 Å². The largest absolute Gasteiger partial charge is 0.240 e. The number of benzene rings is 1. The number of hydrogen-bond donors (Lipinski definition) is 0. The molecule has 2 aromatic rings. The molecule has 0 aliphatic heterocycles. The Bertz CT molecular complexity index is 481. The molecule has 0 amide bonds. The maximum Gasteiger partial charge on any atom is 0.131 e. The van der Waals surface area contributed by atoms with Gasteiger partial charge in [-0.2, -0.15) is 0 Å². The van der Waals surface area contributed by atoms with E-state index in [1.54, 1.807) is 0 Å². The predicted octanol–water partition coefficient (Wildman–Crippen LogP) is 4.03. The number of rotatable bonds is 2. The quantitative estimate of drug-likeness (QED) is 0.828. The normalized spacial score (nSPS) is 10.8. The van der Waals surface area contributed by atoms with E-state index in [1.165, 1.54) is 0 Å². The van der Waals surface area contributed by atoms with E-state index < -0.39 is 0 Å². The van der Waals surface area contributed by atoms with Crippen molar-refractivity contribution in [3.05, 3.63) is 46.8 Å². The van der Waals surface area contributed by atoms with Crippen molar-refractivity contribution < 1.29 is 0 Å². The van der Waals surface area contributed by atoms with Crippen LogP contribution in [0.2, 0.25) is 0 Å². The summed E-state index contributed by atoms with van der Waals surface area (Å²) < 4.78 is 0.933. The number of nitrogens with zero attached hydrogens (tertiary/aromatic N) is 2. The zero-order chi connectivity index (χ0) is 11.5. The van der Waals surface area contributed by atoms with E-state index in [-0.39, 0.29) is 0 Å². The second-order valence-corrected chi connectivity index (χ2v) is 4.80. The molecular weight excluding hydrogens is 264 g/mol. The smallest absolute Gasteiger partial charge is 0.131 e. The Labute approximate surface area is 104 Å². The van der Waals surface area contributed by atoms with Crippen LogP contribution in [-0.4, -0.2) is 9.97 Å². The van der Waals surface area contributed by atoms with Crippen LogP contribution in [0.25, 0.3) is 11.3 Å². The van der Waals surface area contributed by atoms with Crippen LogP contribution in [0.3, 0.4) is 0 Å². The maximum absolute atomic E-state index is 4.58. The predicted molar refractivity (Wildman–Crippen MR) is 69.3 cm³/mol. The van der Waals surface area contributed by atoms with Gasteiger partial charge in [0, 0.05) is 17.7 Å². The zero-order valence-electron chi connectivity index (χ0n) is 9.31. The van der Waals surface area contributed by atoms with Gasteiger partial charge in [0.2, 0.25) is 0 Å². The second-order valence-electron chi connectivity index (χ2n) is 3.95. The molecule has 1 aromatic heterocycles. The lowest BCUT2D eigenvalue weighted by Crippen LogP contribution is -1.99. The molecular formula is C13H13BrN2. The highest BCUT2D eigenvalue weighted by Gasteiger charge is 2.09. The molecule has 0 spiro atoms. The molecule has 0 unspecified atom stereocenters. The summed E-state index contributed by atoms with van der Waals surface area (Å²) in [5.41, 5.74) is 2.07. The Morgan fingerprint density at radius 2 is 1.81 bits per heavy atom. The standard InChI is InChI=1S/C13H13BrN2/c1-9(2)13-15-8-11(14)12(16-13)10-6-4-3-5-7-10/h3-9H,1-2H3. The van der Waals surface area contributed by atoms with Gasteiger partial charge >= 0.3 is 0 Å². The van der Waals surface area contributed by atoms with Crippen molar-refractivity contribution in [1.82, 2.24) is 9.97 Å². The van der Waals surface area contributed by atoms with Gasteiger partial charge in [-0.1, -0.05) is 44.2 Å². The van der Waals surface area contributed by atoms with E-state index in [0.29, 0.717) is 5.92 Å².